The highest BCUT2D eigenvalue weighted by molar-refractivity contribution is 5.72. The molecule has 0 amide bonds. The maximum absolute atomic E-state index is 13.6. The zero-order valence-electron chi connectivity index (χ0n) is 13.2. The van der Waals surface area contributed by atoms with E-state index in [4.69, 9.17) is 0 Å². The van der Waals surface area contributed by atoms with E-state index in [0.29, 0.717) is 17.7 Å². The third kappa shape index (κ3) is 2.28. The summed E-state index contributed by atoms with van der Waals surface area (Å²) in [4.78, 5) is 29.7. The van der Waals surface area contributed by atoms with Crippen LogP contribution in [0.25, 0.3) is 16.9 Å². The molecule has 0 fully saturated rings. The molecule has 0 spiro atoms. The molecule has 6 nitrogen and oxygen atoms in total. The quantitative estimate of drug-likeness (QED) is 0.743. The lowest BCUT2D eigenvalue weighted by atomic mass is 10.3. The van der Waals surface area contributed by atoms with Crippen LogP contribution < -0.4 is 11.2 Å². The summed E-state index contributed by atoms with van der Waals surface area (Å²) in [6.07, 6.45) is 1.52. The number of imidazole rings is 1. The van der Waals surface area contributed by atoms with Crippen LogP contribution in [0.1, 0.15) is 26.8 Å². The van der Waals surface area contributed by atoms with Crippen molar-refractivity contribution >= 4 is 11.2 Å². The molecule has 0 saturated heterocycles. The zero-order valence-corrected chi connectivity index (χ0v) is 13.2. The number of nitrogens with zero attached hydrogens (tertiary/aromatic N) is 4. The van der Waals surface area contributed by atoms with Gasteiger partial charge in [0.1, 0.15) is 5.82 Å². The summed E-state index contributed by atoms with van der Waals surface area (Å²) in [5.74, 6) is -0.459. The van der Waals surface area contributed by atoms with Gasteiger partial charge in [-0.2, -0.15) is 0 Å². The molecule has 0 N–H and O–H groups in total. The molecule has 0 bridgehead atoms. The van der Waals surface area contributed by atoms with Crippen LogP contribution >= 0.6 is 0 Å². The van der Waals surface area contributed by atoms with Gasteiger partial charge in [0.05, 0.1) is 12.0 Å². The Morgan fingerprint density at radius 1 is 1.26 bits per heavy atom. The van der Waals surface area contributed by atoms with Crippen molar-refractivity contribution in [1.82, 2.24) is 18.7 Å². The van der Waals surface area contributed by atoms with E-state index < -0.39 is 11.5 Å². The number of hydrogen-bond acceptors (Lipinski definition) is 3. The molecule has 7 heteroatoms. The SMILES string of the molecule is CCn1cnc2c1c(=O)n(C(C)C)c(=O)n2-c1cccc(F)c1. The topological polar surface area (TPSA) is 61.8 Å². The molecule has 0 aliphatic carbocycles. The van der Waals surface area contributed by atoms with Crippen LogP contribution in [-0.4, -0.2) is 18.7 Å². The largest absolute Gasteiger partial charge is 0.337 e. The fraction of sp³-hybridized carbons (Fsp3) is 0.312. The highest BCUT2D eigenvalue weighted by Crippen LogP contribution is 2.15. The van der Waals surface area contributed by atoms with Gasteiger partial charge in [-0.1, -0.05) is 6.07 Å². The Labute approximate surface area is 131 Å². The van der Waals surface area contributed by atoms with Crippen molar-refractivity contribution in [3.8, 4) is 5.69 Å². The van der Waals surface area contributed by atoms with Crippen molar-refractivity contribution in [3.63, 3.8) is 0 Å². The van der Waals surface area contributed by atoms with Gasteiger partial charge >= 0.3 is 5.69 Å². The summed E-state index contributed by atoms with van der Waals surface area (Å²) in [6, 6.07) is 5.36. The van der Waals surface area contributed by atoms with Gasteiger partial charge in [0.25, 0.3) is 5.56 Å². The lowest BCUT2D eigenvalue weighted by molar-refractivity contribution is 0.538. The highest BCUT2D eigenvalue weighted by Gasteiger charge is 2.20. The first-order chi connectivity index (χ1) is 11.0. The minimum Gasteiger partial charge on any atom is -0.325 e. The maximum atomic E-state index is 13.6. The van der Waals surface area contributed by atoms with E-state index in [0.717, 1.165) is 0 Å². The lowest BCUT2D eigenvalue weighted by Gasteiger charge is -2.14. The summed E-state index contributed by atoms with van der Waals surface area (Å²) in [7, 11) is 0. The van der Waals surface area contributed by atoms with Crippen molar-refractivity contribution < 1.29 is 4.39 Å². The molecule has 2 heterocycles. The van der Waals surface area contributed by atoms with Crippen LogP contribution in [-0.2, 0) is 6.54 Å². The highest BCUT2D eigenvalue weighted by atomic mass is 19.1. The maximum Gasteiger partial charge on any atom is 0.337 e. The Hall–Kier alpha value is -2.70. The molecule has 0 atom stereocenters. The average molecular weight is 316 g/mol. The lowest BCUT2D eigenvalue weighted by Crippen LogP contribution is -2.41. The number of aromatic nitrogens is 4. The first-order valence-electron chi connectivity index (χ1n) is 7.44. The number of halogens is 1. The number of rotatable bonds is 3. The van der Waals surface area contributed by atoms with Gasteiger partial charge in [-0.15, -0.1) is 0 Å². The molecule has 2 aromatic heterocycles. The van der Waals surface area contributed by atoms with E-state index in [1.807, 2.05) is 6.92 Å². The fourth-order valence-electron chi connectivity index (χ4n) is 2.70. The van der Waals surface area contributed by atoms with E-state index in [1.165, 1.54) is 33.7 Å². The van der Waals surface area contributed by atoms with Gasteiger partial charge in [-0.05, 0) is 39.0 Å². The molecule has 1 aromatic carbocycles. The van der Waals surface area contributed by atoms with Crippen LogP contribution in [0, 0.1) is 5.82 Å². The van der Waals surface area contributed by atoms with Crippen LogP contribution in [0.4, 0.5) is 4.39 Å². The van der Waals surface area contributed by atoms with Gasteiger partial charge in [0.15, 0.2) is 11.2 Å². The van der Waals surface area contributed by atoms with E-state index in [2.05, 4.69) is 4.98 Å². The second-order valence-electron chi connectivity index (χ2n) is 5.57. The van der Waals surface area contributed by atoms with Crippen molar-refractivity contribution in [2.75, 3.05) is 0 Å². The van der Waals surface area contributed by atoms with Crippen LogP contribution in [0.15, 0.2) is 40.2 Å². The Morgan fingerprint density at radius 2 is 2.00 bits per heavy atom. The predicted molar refractivity (Wildman–Crippen MR) is 85.6 cm³/mol. The Balaban J connectivity index is 2.53. The van der Waals surface area contributed by atoms with Crippen LogP contribution in [0.5, 0.6) is 0 Å². The van der Waals surface area contributed by atoms with E-state index in [-0.39, 0.29) is 17.2 Å². The first kappa shape index (κ1) is 15.2. The molecule has 0 radical (unpaired) electrons. The number of aryl methyl sites for hydroxylation is 1. The number of fused-ring (bicyclic) bond motifs is 1. The van der Waals surface area contributed by atoms with E-state index >= 15 is 0 Å². The minimum atomic E-state index is -0.524. The van der Waals surface area contributed by atoms with Gasteiger partial charge in [-0.3, -0.25) is 9.36 Å². The Kier molecular flexibility index (Phi) is 3.63. The third-order valence-electron chi connectivity index (χ3n) is 3.77. The summed E-state index contributed by atoms with van der Waals surface area (Å²) in [6.45, 7) is 5.96. The van der Waals surface area contributed by atoms with Crippen molar-refractivity contribution in [1.29, 1.82) is 0 Å². The van der Waals surface area contributed by atoms with E-state index in [9.17, 15) is 14.0 Å². The van der Waals surface area contributed by atoms with E-state index in [1.54, 1.807) is 24.5 Å². The molecule has 0 aliphatic rings. The average Bonchev–Trinajstić information content (AvgIpc) is 2.91. The molecule has 0 saturated carbocycles. The summed E-state index contributed by atoms with van der Waals surface area (Å²) in [5, 5.41) is 0. The number of benzene rings is 1. The zero-order chi connectivity index (χ0) is 16.7. The minimum absolute atomic E-state index is 0.240. The summed E-state index contributed by atoms with van der Waals surface area (Å²) < 4.78 is 17.7. The van der Waals surface area contributed by atoms with Crippen molar-refractivity contribution in [2.24, 2.45) is 0 Å². The number of hydrogen-bond donors (Lipinski definition) is 0. The molecule has 0 unspecified atom stereocenters. The van der Waals surface area contributed by atoms with Gasteiger partial charge in [0, 0.05) is 12.6 Å². The Morgan fingerprint density at radius 3 is 2.61 bits per heavy atom. The molecule has 3 aromatic rings. The van der Waals surface area contributed by atoms with Gasteiger partial charge in [0.2, 0.25) is 0 Å². The second kappa shape index (κ2) is 5.49. The Bertz CT molecular complexity index is 997. The summed E-state index contributed by atoms with van der Waals surface area (Å²) >= 11 is 0. The van der Waals surface area contributed by atoms with Crippen LogP contribution in [0.2, 0.25) is 0 Å². The van der Waals surface area contributed by atoms with Gasteiger partial charge in [-0.25, -0.2) is 18.7 Å². The molecular weight excluding hydrogens is 299 g/mol. The smallest absolute Gasteiger partial charge is 0.325 e. The summed E-state index contributed by atoms with van der Waals surface area (Å²) in [5.41, 5.74) is 0.0154. The molecule has 0 aliphatic heterocycles. The predicted octanol–water partition coefficient (Wildman–Crippen LogP) is 2.09. The monoisotopic (exact) mass is 316 g/mol. The van der Waals surface area contributed by atoms with Gasteiger partial charge < -0.3 is 4.57 Å². The fourth-order valence-corrected chi connectivity index (χ4v) is 2.70. The standard InChI is InChI=1S/C16H17FN4O2/c1-4-19-9-18-14-13(19)15(22)20(10(2)3)16(23)21(14)12-7-5-6-11(17)8-12/h5-10H,4H2,1-3H3. The van der Waals surface area contributed by atoms with Crippen molar-refractivity contribution in [2.45, 2.75) is 33.4 Å². The molecular formula is C16H17FN4O2. The normalized spacial score (nSPS) is 11.5. The third-order valence-corrected chi connectivity index (χ3v) is 3.77. The van der Waals surface area contributed by atoms with Crippen LogP contribution in [0.3, 0.4) is 0 Å². The molecule has 120 valence electrons. The molecule has 23 heavy (non-hydrogen) atoms. The molecule has 3 rings (SSSR count). The van der Waals surface area contributed by atoms with Crippen molar-refractivity contribution in [3.05, 3.63) is 57.2 Å². The first-order valence-corrected chi connectivity index (χ1v) is 7.44. The second-order valence-corrected chi connectivity index (χ2v) is 5.57.